The molecule has 3 unspecified atom stereocenters. The summed E-state index contributed by atoms with van der Waals surface area (Å²) in [5, 5.41) is 9.55. The van der Waals surface area contributed by atoms with Crippen LogP contribution in [0.25, 0.3) is 0 Å². The van der Waals surface area contributed by atoms with E-state index in [4.69, 9.17) is 4.74 Å². The lowest BCUT2D eigenvalue weighted by molar-refractivity contribution is -0.160. The Morgan fingerprint density at radius 3 is 2.28 bits per heavy atom. The Bertz CT molecular complexity index is 643. The fourth-order valence-corrected chi connectivity index (χ4v) is 3.92. The first-order valence-electron chi connectivity index (χ1n) is 9.39. The SMILES string of the molecule is CC(C)C1COC(=O)N1C(=O)C(CCC(F)(F)F)C(CC1CC(F)(F)C1)C(=O)O. The molecule has 6 nitrogen and oxygen atoms in total. The van der Waals surface area contributed by atoms with Gasteiger partial charge in [0.1, 0.15) is 6.61 Å². The largest absolute Gasteiger partial charge is 0.481 e. The number of alkyl halides is 5. The van der Waals surface area contributed by atoms with Gasteiger partial charge >= 0.3 is 18.2 Å². The van der Waals surface area contributed by atoms with E-state index in [9.17, 15) is 41.4 Å². The average molecular weight is 429 g/mol. The molecule has 1 aliphatic carbocycles. The lowest BCUT2D eigenvalue weighted by atomic mass is 9.72. The summed E-state index contributed by atoms with van der Waals surface area (Å²) in [5.41, 5.74) is 0. The van der Waals surface area contributed by atoms with Crippen LogP contribution in [0.15, 0.2) is 0 Å². The molecular formula is C18H24F5NO5. The summed E-state index contributed by atoms with van der Waals surface area (Å²) in [6, 6.07) is -0.731. The van der Waals surface area contributed by atoms with Crippen molar-refractivity contribution >= 4 is 18.0 Å². The van der Waals surface area contributed by atoms with E-state index >= 15 is 0 Å². The van der Waals surface area contributed by atoms with Gasteiger partial charge in [0, 0.05) is 19.3 Å². The molecule has 0 radical (unpaired) electrons. The number of hydrogen-bond donors (Lipinski definition) is 1. The molecule has 1 aliphatic heterocycles. The average Bonchev–Trinajstić information content (AvgIpc) is 2.92. The van der Waals surface area contributed by atoms with Crippen LogP contribution in [-0.2, 0) is 14.3 Å². The van der Waals surface area contributed by atoms with Crippen LogP contribution in [0.5, 0.6) is 0 Å². The molecular weight excluding hydrogens is 405 g/mol. The summed E-state index contributed by atoms with van der Waals surface area (Å²) < 4.78 is 69.4. The molecule has 2 aliphatic rings. The number of hydrogen-bond acceptors (Lipinski definition) is 4. The third-order valence-corrected chi connectivity index (χ3v) is 5.53. The molecule has 1 saturated carbocycles. The van der Waals surface area contributed by atoms with Crippen molar-refractivity contribution in [2.24, 2.45) is 23.7 Å². The Kier molecular flexibility index (Phi) is 6.79. The summed E-state index contributed by atoms with van der Waals surface area (Å²) in [6.07, 6.45) is -9.46. The zero-order valence-corrected chi connectivity index (χ0v) is 16.0. The summed E-state index contributed by atoms with van der Waals surface area (Å²) in [5.74, 6) is -9.78. The van der Waals surface area contributed by atoms with Crippen molar-refractivity contribution in [2.45, 2.75) is 64.1 Å². The van der Waals surface area contributed by atoms with Crippen molar-refractivity contribution in [2.75, 3.05) is 6.61 Å². The molecule has 3 atom stereocenters. The molecule has 0 aromatic rings. The lowest BCUT2D eigenvalue weighted by Crippen LogP contribution is -2.48. The second-order valence-corrected chi connectivity index (χ2v) is 8.17. The quantitative estimate of drug-likeness (QED) is 0.588. The van der Waals surface area contributed by atoms with Gasteiger partial charge in [-0.05, 0) is 24.7 Å². The van der Waals surface area contributed by atoms with Gasteiger partial charge in [-0.1, -0.05) is 13.8 Å². The van der Waals surface area contributed by atoms with Crippen LogP contribution in [0.2, 0.25) is 0 Å². The van der Waals surface area contributed by atoms with E-state index in [1.165, 1.54) is 0 Å². The van der Waals surface area contributed by atoms with Crippen molar-refractivity contribution < 1.29 is 46.2 Å². The van der Waals surface area contributed by atoms with Crippen molar-refractivity contribution in [3.05, 3.63) is 0 Å². The molecule has 2 fully saturated rings. The Morgan fingerprint density at radius 1 is 1.24 bits per heavy atom. The van der Waals surface area contributed by atoms with Crippen LogP contribution in [0.4, 0.5) is 26.7 Å². The van der Waals surface area contributed by atoms with Gasteiger partial charge < -0.3 is 9.84 Å². The van der Waals surface area contributed by atoms with Gasteiger partial charge in [-0.15, -0.1) is 0 Å². The number of carbonyl (C=O) groups is 3. The maximum Gasteiger partial charge on any atom is 0.416 e. The third kappa shape index (κ3) is 5.79. The monoisotopic (exact) mass is 429 g/mol. The predicted octanol–water partition coefficient (Wildman–Crippen LogP) is 4.08. The summed E-state index contributed by atoms with van der Waals surface area (Å²) >= 11 is 0. The summed E-state index contributed by atoms with van der Waals surface area (Å²) in [7, 11) is 0. The molecule has 1 heterocycles. The molecule has 1 N–H and O–H groups in total. The minimum Gasteiger partial charge on any atom is -0.481 e. The molecule has 0 aromatic carbocycles. The highest BCUT2D eigenvalue weighted by molar-refractivity contribution is 5.96. The van der Waals surface area contributed by atoms with Gasteiger partial charge in [-0.2, -0.15) is 13.2 Å². The topological polar surface area (TPSA) is 83.9 Å². The maximum atomic E-state index is 13.1. The van der Waals surface area contributed by atoms with Crippen molar-refractivity contribution in [3.63, 3.8) is 0 Å². The van der Waals surface area contributed by atoms with Crippen LogP contribution in [0.1, 0.15) is 46.0 Å². The van der Waals surface area contributed by atoms with Crippen molar-refractivity contribution in [1.29, 1.82) is 0 Å². The van der Waals surface area contributed by atoms with Crippen LogP contribution in [-0.4, -0.2) is 52.7 Å². The zero-order valence-electron chi connectivity index (χ0n) is 16.0. The van der Waals surface area contributed by atoms with E-state index in [2.05, 4.69) is 0 Å². The fourth-order valence-electron chi connectivity index (χ4n) is 3.92. The summed E-state index contributed by atoms with van der Waals surface area (Å²) in [4.78, 5) is 37.5. The molecule has 1 saturated heterocycles. The van der Waals surface area contributed by atoms with Crippen LogP contribution in [0, 0.1) is 23.7 Å². The van der Waals surface area contributed by atoms with E-state index in [-0.39, 0.29) is 18.9 Å². The van der Waals surface area contributed by atoms with E-state index in [1.807, 2.05) is 0 Å². The molecule has 2 rings (SSSR count). The predicted molar refractivity (Wildman–Crippen MR) is 89.0 cm³/mol. The van der Waals surface area contributed by atoms with Crippen molar-refractivity contribution in [3.8, 4) is 0 Å². The van der Waals surface area contributed by atoms with E-state index < -0.39 is 79.5 Å². The van der Waals surface area contributed by atoms with E-state index in [0.29, 0.717) is 4.90 Å². The Hall–Kier alpha value is -1.94. The van der Waals surface area contributed by atoms with Gasteiger partial charge in [0.2, 0.25) is 11.8 Å². The highest BCUT2D eigenvalue weighted by atomic mass is 19.4. The Labute approximate surface area is 164 Å². The highest BCUT2D eigenvalue weighted by Crippen LogP contribution is 2.47. The number of amides is 2. The van der Waals surface area contributed by atoms with Gasteiger partial charge in [0.05, 0.1) is 17.9 Å². The van der Waals surface area contributed by atoms with Crippen molar-refractivity contribution in [1.82, 2.24) is 4.90 Å². The normalized spacial score (nSPS) is 24.2. The van der Waals surface area contributed by atoms with Gasteiger partial charge in [0.25, 0.3) is 0 Å². The molecule has 0 aromatic heterocycles. The minimum absolute atomic E-state index is 0.138. The standard InChI is InChI=1S/C18H24F5NO5/c1-9(2)13-8-29-16(28)24(13)14(25)11(3-4-18(21,22)23)12(15(26)27)5-10-6-17(19,20)7-10/h9-13H,3-8H2,1-2H3,(H,26,27). The van der Waals surface area contributed by atoms with Crippen LogP contribution in [0.3, 0.4) is 0 Å². The molecule has 166 valence electrons. The van der Waals surface area contributed by atoms with Crippen LogP contribution < -0.4 is 0 Å². The zero-order chi connectivity index (χ0) is 22.1. The second-order valence-electron chi connectivity index (χ2n) is 8.17. The number of imide groups is 1. The van der Waals surface area contributed by atoms with Gasteiger partial charge in [-0.25, -0.2) is 18.5 Å². The van der Waals surface area contributed by atoms with Crippen LogP contribution >= 0.6 is 0 Å². The highest BCUT2D eigenvalue weighted by Gasteiger charge is 2.50. The fraction of sp³-hybridized carbons (Fsp3) is 0.833. The van der Waals surface area contributed by atoms with Gasteiger partial charge in [-0.3, -0.25) is 9.59 Å². The number of rotatable bonds is 8. The van der Waals surface area contributed by atoms with E-state index in [0.717, 1.165) is 0 Å². The second kappa shape index (κ2) is 8.43. The number of carbonyl (C=O) groups excluding carboxylic acids is 2. The first-order valence-corrected chi connectivity index (χ1v) is 9.39. The number of ether oxygens (including phenoxy) is 1. The Balaban J connectivity index is 2.27. The summed E-state index contributed by atoms with van der Waals surface area (Å²) in [6.45, 7) is 3.23. The number of aliphatic carboxylic acids is 1. The molecule has 0 bridgehead atoms. The molecule has 2 amide bonds. The molecule has 29 heavy (non-hydrogen) atoms. The number of halogens is 5. The first kappa shape index (κ1) is 23.3. The lowest BCUT2D eigenvalue weighted by Gasteiger charge is -2.38. The smallest absolute Gasteiger partial charge is 0.416 e. The van der Waals surface area contributed by atoms with E-state index in [1.54, 1.807) is 13.8 Å². The van der Waals surface area contributed by atoms with Gasteiger partial charge in [0.15, 0.2) is 0 Å². The minimum atomic E-state index is -4.64. The molecule has 0 spiro atoms. The Morgan fingerprint density at radius 2 is 1.83 bits per heavy atom. The molecule has 11 heteroatoms. The number of carboxylic acid groups (broad SMARTS) is 1. The maximum absolute atomic E-state index is 13.1. The number of cyclic esters (lactones) is 1. The number of nitrogens with zero attached hydrogens (tertiary/aromatic N) is 1. The number of carboxylic acids is 1. The first-order chi connectivity index (χ1) is 13.2. The third-order valence-electron chi connectivity index (χ3n) is 5.53.